The molecule has 2 aromatic carbocycles. The summed E-state index contributed by atoms with van der Waals surface area (Å²) in [6.45, 7) is 0. The fourth-order valence-electron chi connectivity index (χ4n) is 2.65. The molecule has 0 radical (unpaired) electrons. The molecule has 0 amide bonds. The minimum atomic E-state index is -3.23. The largest absolute Gasteiger partial charge is 0.223 e. The molecule has 0 N–H and O–H groups in total. The standard InChI is InChI=1S/C16H16O2S/c17-19(18,16-7-2-1-3-8-16)12-13-9-10-14-5-4-6-15(14)11-13/h1-3,7-11H,4-6,12H2. The molecule has 0 fully saturated rings. The van der Waals surface area contributed by atoms with Gasteiger partial charge in [0.15, 0.2) is 9.84 Å². The molecule has 2 nitrogen and oxygen atoms in total. The molecule has 0 aliphatic heterocycles. The SMILES string of the molecule is O=S(=O)(Cc1ccc2c(c1)CCC2)c1ccccc1. The highest BCUT2D eigenvalue weighted by Gasteiger charge is 2.17. The quantitative estimate of drug-likeness (QED) is 0.860. The van der Waals surface area contributed by atoms with Crippen LogP contribution in [0.25, 0.3) is 0 Å². The van der Waals surface area contributed by atoms with Gasteiger partial charge in [-0.25, -0.2) is 8.42 Å². The van der Waals surface area contributed by atoms with Crippen LogP contribution in [-0.4, -0.2) is 8.42 Å². The summed E-state index contributed by atoms with van der Waals surface area (Å²) in [6.07, 6.45) is 3.39. The van der Waals surface area contributed by atoms with Gasteiger partial charge in [-0.15, -0.1) is 0 Å². The zero-order valence-electron chi connectivity index (χ0n) is 10.7. The van der Waals surface area contributed by atoms with Gasteiger partial charge < -0.3 is 0 Å². The van der Waals surface area contributed by atoms with Crippen LogP contribution in [0.15, 0.2) is 53.4 Å². The third-order valence-corrected chi connectivity index (χ3v) is 5.33. The molecule has 3 heteroatoms. The molecule has 1 aliphatic carbocycles. The van der Waals surface area contributed by atoms with Crippen molar-refractivity contribution in [3.05, 3.63) is 65.2 Å². The molecular weight excluding hydrogens is 256 g/mol. The third kappa shape index (κ3) is 2.56. The van der Waals surface area contributed by atoms with Crippen molar-refractivity contribution < 1.29 is 8.42 Å². The Hall–Kier alpha value is -1.61. The Morgan fingerprint density at radius 2 is 1.63 bits per heavy atom. The highest BCUT2D eigenvalue weighted by atomic mass is 32.2. The van der Waals surface area contributed by atoms with Gasteiger partial charge in [-0.1, -0.05) is 36.4 Å². The molecule has 0 heterocycles. The molecule has 2 aromatic rings. The maximum Gasteiger partial charge on any atom is 0.182 e. The molecular formula is C16H16O2S. The Balaban J connectivity index is 1.89. The van der Waals surface area contributed by atoms with Crippen molar-refractivity contribution in [3.8, 4) is 0 Å². The lowest BCUT2D eigenvalue weighted by Gasteiger charge is -2.06. The fourth-order valence-corrected chi connectivity index (χ4v) is 4.00. The van der Waals surface area contributed by atoms with Crippen molar-refractivity contribution in [1.29, 1.82) is 0 Å². The monoisotopic (exact) mass is 272 g/mol. The molecule has 0 saturated heterocycles. The number of benzene rings is 2. The van der Waals surface area contributed by atoms with E-state index in [1.807, 2.05) is 12.1 Å². The van der Waals surface area contributed by atoms with Crippen molar-refractivity contribution >= 4 is 9.84 Å². The van der Waals surface area contributed by atoms with Crippen LogP contribution in [0, 0.1) is 0 Å². The Morgan fingerprint density at radius 1 is 0.895 bits per heavy atom. The highest BCUT2D eigenvalue weighted by molar-refractivity contribution is 7.90. The molecule has 1 aliphatic rings. The topological polar surface area (TPSA) is 34.1 Å². The van der Waals surface area contributed by atoms with E-state index in [-0.39, 0.29) is 5.75 Å². The average Bonchev–Trinajstić information content (AvgIpc) is 2.87. The van der Waals surface area contributed by atoms with E-state index in [0.717, 1.165) is 18.4 Å². The van der Waals surface area contributed by atoms with Crippen LogP contribution in [0.3, 0.4) is 0 Å². The van der Waals surface area contributed by atoms with Crippen molar-refractivity contribution in [1.82, 2.24) is 0 Å². The highest BCUT2D eigenvalue weighted by Crippen LogP contribution is 2.24. The summed E-state index contributed by atoms with van der Waals surface area (Å²) in [5, 5.41) is 0. The maximum atomic E-state index is 12.3. The number of hydrogen-bond acceptors (Lipinski definition) is 2. The van der Waals surface area contributed by atoms with E-state index in [1.54, 1.807) is 24.3 Å². The molecule has 0 atom stereocenters. The van der Waals surface area contributed by atoms with E-state index < -0.39 is 9.84 Å². The van der Waals surface area contributed by atoms with Gasteiger partial charge >= 0.3 is 0 Å². The van der Waals surface area contributed by atoms with Gasteiger partial charge in [0.05, 0.1) is 10.6 Å². The van der Waals surface area contributed by atoms with Crippen LogP contribution in [-0.2, 0) is 28.4 Å². The molecule has 0 bridgehead atoms. The van der Waals surface area contributed by atoms with Gasteiger partial charge in [0, 0.05) is 0 Å². The van der Waals surface area contributed by atoms with E-state index in [9.17, 15) is 8.42 Å². The summed E-state index contributed by atoms with van der Waals surface area (Å²) in [5.41, 5.74) is 3.59. The third-order valence-electron chi connectivity index (χ3n) is 3.62. The minimum Gasteiger partial charge on any atom is -0.223 e. The van der Waals surface area contributed by atoms with Crippen LogP contribution >= 0.6 is 0 Å². The smallest absolute Gasteiger partial charge is 0.182 e. The van der Waals surface area contributed by atoms with Crippen molar-refractivity contribution in [3.63, 3.8) is 0 Å². The molecule has 0 aromatic heterocycles. The van der Waals surface area contributed by atoms with Crippen LogP contribution in [0.5, 0.6) is 0 Å². The lowest BCUT2D eigenvalue weighted by Crippen LogP contribution is -2.05. The first-order valence-electron chi connectivity index (χ1n) is 6.54. The molecule has 3 rings (SSSR count). The summed E-state index contributed by atoms with van der Waals surface area (Å²) in [7, 11) is -3.23. The number of sulfone groups is 1. The fraction of sp³-hybridized carbons (Fsp3) is 0.250. The summed E-state index contributed by atoms with van der Waals surface area (Å²) in [6, 6.07) is 14.7. The number of fused-ring (bicyclic) bond motifs is 1. The van der Waals surface area contributed by atoms with Crippen molar-refractivity contribution in [2.45, 2.75) is 29.9 Å². The van der Waals surface area contributed by atoms with E-state index >= 15 is 0 Å². The first-order valence-corrected chi connectivity index (χ1v) is 8.19. The number of rotatable bonds is 3. The Morgan fingerprint density at radius 3 is 2.42 bits per heavy atom. The Kier molecular flexibility index (Phi) is 3.15. The molecule has 98 valence electrons. The van der Waals surface area contributed by atoms with Gasteiger partial charge in [0.25, 0.3) is 0 Å². The van der Waals surface area contributed by atoms with Crippen molar-refractivity contribution in [2.24, 2.45) is 0 Å². The number of hydrogen-bond donors (Lipinski definition) is 0. The molecule has 19 heavy (non-hydrogen) atoms. The van der Waals surface area contributed by atoms with Gasteiger partial charge in [-0.3, -0.25) is 0 Å². The second-order valence-electron chi connectivity index (χ2n) is 5.03. The van der Waals surface area contributed by atoms with E-state index in [4.69, 9.17) is 0 Å². The van der Waals surface area contributed by atoms with Crippen molar-refractivity contribution in [2.75, 3.05) is 0 Å². The zero-order chi connectivity index (χ0) is 13.3. The van der Waals surface area contributed by atoms with Crippen LogP contribution in [0.2, 0.25) is 0 Å². The summed E-state index contributed by atoms with van der Waals surface area (Å²) >= 11 is 0. The summed E-state index contributed by atoms with van der Waals surface area (Å²) in [4.78, 5) is 0.399. The first-order chi connectivity index (χ1) is 9.15. The van der Waals surface area contributed by atoms with Crippen LogP contribution in [0.4, 0.5) is 0 Å². The molecule has 0 unspecified atom stereocenters. The second-order valence-corrected chi connectivity index (χ2v) is 7.02. The van der Waals surface area contributed by atoms with E-state index in [0.29, 0.717) is 4.90 Å². The van der Waals surface area contributed by atoms with Gasteiger partial charge in [-0.2, -0.15) is 0 Å². The average molecular weight is 272 g/mol. The lowest BCUT2D eigenvalue weighted by atomic mass is 10.1. The molecule has 0 spiro atoms. The van der Waals surface area contributed by atoms with E-state index in [1.165, 1.54) is 17.5 Å². The van der Waals surface area contributed by atoms with Gasteiger partial charge in [0.1, 0.15) is 0 Å². The summed E-state index contributed by atoms with van der Waals surface area (Å²) in [5.74, 6) is 0.0876. The summed E-state index contributed by atoms with van der Waals surface area (Å²) < 4.78 is 24.6. The number of aryl methyl sites for hydroxylation is 2. The second kappa shape index (κ2) is 4.82. The van der Waals surface area contributed by atoms with Gasteiger partial charge in [0.2, 0.25) is 0 Å². The van der Waals surface area contributed by atoms with Gasteiger partial charge in [-0.05, 0) is 48.1 Å². The first kappa shape index (κ1) is 12.4. The lowest BCUT2D eigenvalue weighted by molar-refractivity contribution is 0.595. The maximum absolute atomic E-state index is 12.3. The van der Waals surface area contributed by atoms with E-state index in [2.05, 4.69) is 12.1 Å². The van der Waals surface area contributed by atoms with Crippen LogP contribution in [0.1, 0.15) is 23.1 Å². The normalized spacial score (nSPS) is 14.3. The van der Waals surface area contributed by atoms with Crippen LogP contribution < -0.4 is 0 Å². The Labute approximate surface area is 114 Å². The predicted octanol–water partition coefficient (Wildman–Crippen LogP) is 3.15. The predicted molar refractivity (Wildman–Crippen MR) is 75.8 cm³/mol. The minimum absolute atomic E-state index is 0.0876. The molecule has 0 saturated carbocycles. The Bertz CT molecular complexity index is 688. The zero-order valence-corrected chi connectivity index (χ0v) is 11.5.